The van der Waals surface area contributed by atoms with Crippen LogP contribution in [0.25, 0.3) is 0 Å². The number of amides is 1. The molecule has 4 heteroatoms. The third-order valence-corrected chi connectivity index (χ3v) is 2.84. The molecule has 1 amide bonds. The third kappa shape index (κ3) is 6.25. The molecule has 1 unspecified atom stereocenters. The van der Waals surface area contributed by atoms with Crippen LogP contribution in [0.15, 0.2) is 24.3 Å². The summed E-state index contributed by atoms with van der Waals surface area (Å²) in [6.07, 6.45) is 0.773. The highest BCUT2D eigenvalue weighted by Gasteiger charge is 2.04. The molecule has 4 nitrogen and oxygen atoms in total. The molecule has 0 bridgehead atoms. The predicted molar refractivity (Wildman–Crippen MR) is 77.3 cm³/mol. The molecule has 0 aromatic heterocycles. The zero-order valence-corrected chi connectivity index (χ0v) is 12.0. The van der Waals surface area contributed by atoms with Gasteiger partial charge in [0.15, 0.2) is 6.61 Å². The van der Waals surface area contributed by atoms with E-state index in [9.17, 15) is 4.79 Å². The maximum Gasteiger partial charge on any atom is 0.257 e. The Bertz CT molecular complexity index is 386. The second-order valence-electron chi connectivity index (χ2n) is 5.13. The number of hydrogen-bond acceptors (Lipinski definition) is 3. The number of carbonyl (C=O) groups excluding carboxylic acids is 1. The fourth-order valence-corrected chi connectivity index (χ4v) is 1.59. The lowest BCUT2D eigenvalue weighted by atomic mass is 10.0. The maximum atomic E-state index is 11.5. The molecule has 0 aliphatic rings. The van der Waals surface area contributed by atoms with Gasteiger partial charge in [0.05, 0.1) is 0 Å². The van der Waals surface area contributed by atoms with Crippen molar-refractivity contribution in [1.29, 1.82) is 0 Å². The predicted octanol–water partition coefficient (Wildman–Crippen LogP) is 2.04. The van der Waals surface area contributed by atoms with Gasteiger partial charge in [-0.15, -0.1) is 0 Å². The van der Waals surface area contributed by atoms with Crippen LogP contribution in [0.3, 0.4) is 0 Å². The second kappa shape index (κ2) is 7.79. The zero-order chi connectivity index (χ0) is 14.3. The van der Waals surface area contributed by atoms with Crippen LogP contribution >= 0.6 is 0 Å². The van der Waals surface area contributed by atoms with Crippen LogP contribution < -0.4 is 15.8 Å². The van der Waals surface area contributed by atoms with Gasteiger partial charge in [0.2, 0.25) is 0 Å². The van der Waals surface area contributed by atoms with E-state index in [0.717, 1.165) is 6.42 Å². The summed E-state index contributed by atoms with van der Waals surface area (Å²) in [6.45, 7) is 6.83. The molecule has 0 spiro atoms. The first-order chi connectivity index (χ1) is 8.99. The Labute approximate surface area is 115 Å². The van der Waals surface area contributed by atoms with Crippen LogP contribution in [0.1, 0.15) is 38.7 Å². The number of hydrogen-bond donors (Lipinski definition) is 2. The van der Waals surface area contributed by atoms with Gasteiger partial charge < -0.3 is 15.8 Å². The third-order valence-electron chi connectivity index (χ3n) is 2.84. The lowest BCUT2D eigenvalue weighted by molar-refractivity contribution is -0.123. The number of nitrogens with one attached hydrogen (secondary N) is 1. The van der Waals surface area contributed by atoms with Gasteiger partial charge >= 0.3 is 0 Å². The molecule has 0 saturated carbocycles. The van der Waals surface area contributed by atoms with E-state index in [2.05, 4.69) is 19.2 Å². The van der Waals surface area contributed by atoms with Gasteiger partial charge in [-0.2, -0.15) is 0 Å². The van der Waals surface area contributed by atoms with Crippen molar-refractivity contribution in [2.24, 2.45) is 5.73 Å². The molecule has 0 heterocycles. The first-order valence-corrected chi connectivity index (χ1v) is 6.74. The lowest BCUT2D eigenvalue weighted by Gasteiger charge is -2.10. The van der Waals surface area contributed by atoms with Crippen LogP contribution in [0.5, 0.6) is 5.75 Å². The SMILES string of the molecule is CC(N)CCNC(=O)COc1ccc(C(C)C)cc1. The average Bonchev–Trinajstić information content (AvgIpc) is 2.36. The molecule has 1 aromatic carbocycles. The standard InChI is InChI=1S/C15H24N2O2/c1-11(2)13-4-6-14(7-5-13)19-10-15(18)17-9-8-12(3)16/h4-7,11-12H,8-10,16H2,1-3H3,(H,17,18). The molecule has 106 valence electrons. The summed E-state index contributed by atoms with van der Waals surface area (Å²) in [5.74, 6) is 1.09. The Morgan fingerprint density at radius 3 is 2.42 bits per heavy atom. The van der Waals surface area contributed by atoms with Gasteiger partial charge in [-0.3, -0.25) is 4.79 Å². The Hall–Kier alpha value is -1.55. The Morgan fingerprint density at radius 1 is 1.26 bits per heavy atom. The van der Waals surface area contributed by atoms with E-state index < -0.39 is 0 Å². The Balaban J connectivity index is 2.30. The molecule has 0 aliphatic carbocycles. The van der Waals surface area contributed by atoms with Gasteiger partial charge in [-0.1, -0.05) is 26.0 Å². The van der Waals surface area contributed by atoms with Crippen molar-refractivity contribution in [2.75, 3.05) is 13.2 Å². The van der Waals surface area contributed by atoms with Crippen molar-refractivity contribution in [1.82, 2.24) is 5.32 Å². The van der Waals surface area contributed by atoms with Crippen LogP contribution in [-0.2, 0) is 4.79 Å². The summed E-state index contributed by atoms with van der Waals surface area (Å²) in [4.78, 5) is 11.5. The average molecular weight is 264 g/mol. The Kier molecular flexibility index (Phi) is 6.36. The van der Waals surface area contributed by atoms with Gasteiger partial charge in [-0.25, -0.2) is 0 Å². The zero-order valence-electron chi connectivity index (χ0n) is 12.0. The van der Waals surface area contributed by atoms with Crippen LogP contribution in [0.4, 0.5) is 0 Å². The number of benzene rings is 1. The summed E-state index contributed by atoms with van der Waals surface area (Å²) in [6, 6.07) is 7.93. The monoisotopic (exact) mass is 264 g/mol. The summed E-state index contributed by atoms with van der Waals surface area (Å²) < 4.78 is 5.42. The van der Waals surface area contributed by atoms with Crippen LogP contribution in [0, 0.1) is 0 Å². The van der Waals surface area contributed by atoms with Crippen LogP contribution in [0.2, 0.25) is 0 Å². The molecule has 0 radical (unpaired) electrons. The highest BCUT2D eigenvalue weighted by atomic mass is 16.5. The van der Waals surface area contributed by atoms with Gasteiger partial charge in [0.25, 0.3) is 5.91 Å². The quantitative estimate of drug-likeness (QED) is 0.792. The molecule has 19 heavy (non-hydrogen) atoms. The van der Waals surface area contributed by atoms with E-state index in [0.29, 0.717) is 18.2 Å². The first-order valence-electron chi connectivity index (χ1n) is 6.74. The van der Waals surface area contributed by atoms with Crippen molar-refractivity contribution in [2.45, 2.75) is 39.2 Å². The fraction of sp³-hybridized carbons (Fsp3) is 0.533. The van der Waals surface area contributed by atoms with Crippen molar-refractivity contribution in [3.63, 3.8) is 0 Å². The van der Waals surface area contributed by atoms with E-state index in [-0.39, 0.29) is 18.6 Å². The molecule has 3 N–H and O–H groups in total. The minimum Gasteiger partial charge on any atom is -0.484 e. The van der Waals surface area contributed by atoms with Gasteiger partial charge in [0.1, 0.15) is 5.75 Å². The summed E-state index contributed by atoms with van der Waals surface area (Å²) in [5.41, 5.74) is 6.86. The number of carbonyl (C=O) groups is 1. The van der Waals surface area contributed by atoms with Crippen molar-refractivity contribution in [3.05, 3.63) is 29.8 Å². The van der Waals surface area contributed by atoms with Gasteiger partial charge in [-0.05, 0) is 37.0 Å². The topological polar surface area (TPSA) is 64.3 Å². The molecule has 0 saturated heterocycles. The normalized spacial score (nSPS) is 12.3. The fourth-order valence-electron chi connectivity index (χ4n) is 1.59. The Morgan fingerprint density at radius 2 is 1.89 bits per heavy atom. The van der Waals surface area contributed by atoms with Crippen molar-refractivity contribution >= 4 is 5.91 Å². The highest BCUT2D eigenvalue weighted by molar-refractivity contribution is 5.77. The molecular weight excluding hydrogens is 240 g/mol. The molecule has 1 rings (SSSR count). The molecule has 1 aromatic rings. The molecular formula is C15H24N2O2. The number of nitrogens with two attached hydrogens (primary N) is 1. The number of rotatable bonds is 7. The smallest absolute Gasteiger partial charge is 0.257 e. The number of ether oxygens (including phenoxy) is 1. The van der Waals surface area contributed by atoms with Gasteiger partial charge in [0, 0.05) is 12.6 Å². The van der Waals surface area contributed by atoms with E-state index in [4.69, 9.17) is 10.5 Å². The highest BCUT2D eigenvalue weighted by Crippen LogP contribution is 2.18. The largest absolute Gasteiger partial charge is 0.484 e. The minimum atomic E-state index is -0.117. The maximum absolute atomic E-state index is 11.5. The van der Waals surface area contributed by atoms with E-state index in [1.165, 1.54) is 5.56 Å². The van der Waals surface area contributed by atoms with Crippen LogP contribution in [-0.4, -0.2) is 25.1 Å². The lowest BCUT2D eigenvalue weighted by Crippen LogP contribution is -2.32. The van der Waals surface area contributed by atoms with E-state index in [1.807, 2.05) is 31.2 Å². The summed E-state index contributed by atoms with van der Waals surface area (Å²) in [5, 5.41) is 2.77. The molecule has 0 fully saturated rings. The van der Waals surface area contributed by atoms with Crippen molar-refractivity contribution < 1.29 is 9.53 Å². The first kappa shape index (κ1) is 15.5. The second-order valence-corrected chi connectivity index (χ2v) is 5.13. The molecule has 0 aliphatic heterocycles. The minimum absolute atomic E-state index is 0.0416. The van der Waals surface area contributed by atoms with Crippen molar-refractivity contribution in [3.8, 4) is 5.75 Å². The summed E-state index contributed by atoms with van der Waals surface area (Å²) in [7, 11) is 0. The summed E-state index contributed by atoms with van der Waals surface area (Å²) >= 11 is 0. The van der Waals surface area contributed by atoms with E-state index >= 15 is 0 Å². The molecule has 1 atom stereocenters. The van der Waals surface area contributed by atoms with E-state index in [1.54, 1.807) is 0 Å².